The maximum atomic E-state index is 11.5. The van der Waals surface area contributed by atoms with Crippen LogP contribution >= 0.6 is 0 Å². The van der Waals surface area contributed by atoms with Crippen molar-refractivity contribution in [2.24, 2.45) is 11.8 Å². The van der Waals surface area contributed by atoms with Gasteiger partial charge in [0.1, 0.15) is 0 Å². The van der Waals surface area contributed by atoms with Crippen molar-refractivity contribution in [2.75, 3.05) is 0 Å². The van der Waals surface area contributed by atoms with Gasteiger partial charge in [0.15, 0.2) is 0 Å². The standard InChI is InChI=1S/C10H17NO/c1-7(8-3-2-4-8)10(12)11-9-5-6-9/h7-9H,2-6H2,1H3,(H,11,12)/t7-/m1/s1. The SMILES string of the molecule is C[C@@H](C(=O)NC1CC1)C1CCC1. The van der Waals surface area contributed by atoms with Crippen LogP contribution < -0.4 is 5.32 Å². The number of rotatable bonds is 3. The Hall–Kier alpha value is -0.530. The maximum Gasteiger partial charge on any atom is 0.223 e. The Morgan fingerprint density at radius 2 is 2.00 bits per heavy atom. The van der Waals surface area contributed by atoms with Crippen LogP contribution in [0.15, 0.2) is 0 Å². The van der Waals surface area contributed by atoms with Crippen LogP contribution in [0.3, 0.4) is 0 Å². The lowest BCUT2D eigenvalue weighted by molar-refractivity contribution is -0.127. The largest absolute Gasteiger partial charge is 0.353 e. The second kappa shape index (κ2) is 3.08. The van der Waals surface area contributed by atoms with Crippen molar-refractivity contribution in [1.29, 1.82) is 0 Å². The quantitative estimate of drug-likeness (QED) is 0.681. The summed E-state index contributed by atoms with van der Waals surface area (Å²) in [6, 6.07) is 0.528. The molecule has 1 N–H and O–H groups in total. The monoisotopic (exact) mass is 167 g/mol. The van der Waals surface area contributed by atoms with E-state index < -0.39 is 0 Å². The Labute approximate surface area is 73.7 Å². The molecule has 0 aromatic heterocycles. The number of amides is 1. The van der Waals surface area contributed by atoms with Crippen molar-refractivity contribution >= 4 is 5.91 Å². The van der Waals surface area contributed by atoms with Crippen LogP contribution in [0.4, 0.5) is 0 Å². The van der Waals surface area contributed by atoms with E-state index in [1.54, 1.807) is 0 Å². The Kier molecular flexibility index (Phi) is 2.07. The number of carbonyl (C=O) groups is 1. The van der Waals surface area contributed by atoms with Crippen molar-refractivity contribution in [3.05, 3.63) is 0 Å². The van der Waals surface area contributed by atoms with Crippen LogP contribution in [-0.4, -0.2) is 11.9 Å². The lowest BCUT2D eigenvalue weighted by atomic mass is 9.76. The van der Waals surface area contributed by atoms with Gasteiger partial charge in [0.05, 0.1) is 0 Å². The van der Waals surface area contributed by atoms with E-state index in [9.17, 15) is 4.79 Å². The van der Waals surface area contributed by atoms with Gasteiger partial charge in [0.2, 0.25) is 5.91 Å². The molecule has 0 aliphatic heterocycles. The fourth-order valence-corrected chi connectivity index (χ4v) is 1.71. The molecule has 2 saturated carbocycles. The fourth-order valence-electron chi connectivity index (χ4n) is 1.71. The minimum atomic E-state index is 0.263. The number of hydrogen-bond acceptors (Lipinski definition) is 1. The molecule has 0 aromatic rings. The summed E-state index contributed by atoms with van der Waals surface area (Å²) >= 11 is 0. The predicted molar refractivity (Wildman–Crippen MR) is 47.7 cm³/mol. The Morgan fingerprint density at radius 3 is 2.42 bits per heavy atom. The second-order valence-electron chi connectivity index (χ2n) is 4.26. The van der Waals surface area contributed by atoms with Gasteiger partial charge in [-0.25, -0.2) is 0 Å². The van der Waals surface area contributed by atoms with E-state index >= 15 is 0 Å². The van der Waals surface area contributed by atoms with Gasteiger partial charge in [-0.3, -0.25) is 4.79 Å². The molecule has 2 rings (SSSR count). The third-order valence-corrected chi connectivity index (χ3v) is 3.19. The molecule has 2 nitrogen and oxygen atoms in total. The molecule has 12 heavy (non-hydrogen) atoms. The molecule has 2 aliphatic carbocycles. The van der Waals surface area contributed by atoms with Gasteiger partial charge in [0.25, 0.3) is 0 Å². The maximum absolute atomic E-state index is 11.5. The minimum Gasteiger partial charge on any atom is -0.353 e. The van der Waals surface area contributed by atoms with Crippen molar-refractivity contribution in [3.8, 4) is 0 Å². The van der Waals surface area contributed by atoms with Gasteiger partial charge >= 0.3 is 0 Å². The van der Waals surface area contributed by atoms with Gasteiger partial charge in [-0.2, -0.15) is 0 Å². The summed E-state index contributed by atoms with van der Waals surface area (Å²) in [4.78, 5) is 11.5. The topological polar surface area (TPSA) is 29.1 Å². The second-order valence-corrected chi connectivity index (χ2v) is 4.26. The fraction of sp³-hybridized carbons (Fsp3) is 0.900. The molecule has 68 valence electrons. The number of hydrogen-bond donors (Lipinski definition) is 1. The molecule has 1 atom stereocenters. The highest BCUT2D eigenvalue weighted by molar-refractivity contribution is 5.79. The van der Waals surface area contributed by atoms with Crippen LogP contribution in [0.5, 0.6) is 0 Å². The van der Waals surface area contributed by atoms with E-state index in [1.165, 1.54) is 32.1 Å². The van der Waals surface area contributed by atoms with Crippen molar-refractivity contribution < 1.29 is 4.79 Å². The van der Waals surface area contributed by atoms with Crippen LogP contribution in [0, 0.1) is 11.8 Å². The van der Waals surface area contributed by atoms with Crippen molar-refractivity contribution in [1.82, 2.24) is 5.32 Å². The van der Waals surface area contributed by atoms with Crippen molar-refractivity contribution in [3.63, 3.8) is 0 Å². The predicted octanol–water partition coefficient (Wildman–Crippen LogP) is 1.70. The zero-order valence-corrected chi connectivity index (χ0v) is 7.68. The van der Waals surface area contributed by atoms with E-state index in [1.807, 2.05) is 0 Å². The summed E-state index contributed by atoms with van der Waals surface area (Å²) < 4.78 is 0. The summed E-state index contributed by atoms with van der Waals surface area (Å²) in [6.07, 6.45) is 6.25. The average Bonchev–Trinajstić information content (AvgIpc) is 2.67. The van der Waals surface area contributed by atoms with E-state index in [2.05, 4.69) is 12.2 Å². The first-order valence-corrected chi connectivity index (χ1v) is 5.08. The summed E-state index contributed by atoms with van der Waals surface area (Å²) in [5, 5.41) is 3.06. The van der Waals surface area contributed by atoms with Gasteiger partial charge in [-0.05, 0) is 31.6 Å². The molecule has 0 bridgehead atoms. The molecule has 1 amide bonds. The molecule has 0 heterocycles. The van der Waals surface area contributed by atoms with Crippen molar-refractivity contribution in [2.45, 2.75) is 45.1 Å². The zero-order valence-electron chi connectivity index (χ0n) is 7.68. The summed E-state index contributed by atoms with van der Waals surface area (Å²) in [7, 11) is 0. The normalized spacial score (nSPS) is 26.1. The summed E-state index contributed by atoms with van der Waals surface area (Å²) in [5.41, 5.74) is 0. The smallest absolute Gasteiger partial charge is 0.223 e. The van der Waals surface area contributed by atoms with Gasteiger partial charge < -0.3 is 5.32 Å². The first kappa shape index (κ1) is 8.09. The third kappa shape index (κ3) is 1.62. The molecule has 2 heteroatoms. The molecule has 0 aromatic carbocycles. The Balaban J connectivity index is 1.76. The molecule has 2 aliphatic rings. The molecule has 0 unspecified atom stereocenters. The zero-order chi connectivity index (χ0) is 8.55. The average molecular weight is 167 g/mol. The third-order valence-electron chi connectivity index (χ3n) is 3.19. The Morgan fingerprint density at radius 1 is 1.33 bits per heavy atom. The van der Waals surface area contributed by atoms with Crippen LogP contribution in [0.25, 0.3) is 0 Å². The molecule has 0 saturated heterocycles. The first-order valence-electron chi connectivity index (χ1n) is 5.08. The molecule has 0 spiro atoms. The van der Waals surface area contributed by atoms with E-state index in [4.69, 9.17) is 0 Å². The lowest BCUT2D eigenvalue weighted by Crippen LogP contribution is -2.36. The molecular formula is C10H17NO. The lowest BCUT2D eigenvalue weighted by Gasteiger charge is -2.30. The molecule has 0 radical (unpaired) electrons. The van der Waals surface area contributed by atoms with Gasteiger partial charge in [-0.15, -0.1) is 0 Å². The highest BCUT2D eigenvalue weighted by atomic mass is 16.2. The highest BCUT2D eigenvalue weighted by Crippen LogP contribution is 2.33. The van der Waals surface area contributed by atoms with Crippen LogP contribution in [-0.2, 0) is 4.79 Å². The molecule has 2 fully saturated rings. The first-order chi connectivity index (χ1) is 5.77. The van der Waals surface area contributed by atoms with Gasteiger partial charge in [-0.1, -0.05) is 13.3 Å². The van der Waals surface area contributed by atoms with Crippen LogP contribution in [0.2, 0.25) is 0 Å². The van der Waals surface area contributed by atoms with Gasteiger partial charge in [0, 0.05) is 12.0 Å². The molecular weight excluding hydrogens is 150 g/mol. The van der Waals surface area contributed by atoms with E-state index in [0.717, 1.165) is 0 Å². The van der Waals surface area contributed by atoms with E-state index in [-0.39, 0.29) is 5.92 Å². The summed E-state index contributed by atoms with van der Waals surface area (Å²) in [6.45, 7) is 2.07. The summed E-state index contributed by atoms with van der Waals surface area (Å²) in [5.74, 6) is 1.24. The highest BCUT2D eigenvalue weighted by Gasteiger charge is 2.31. The minimum absolute atomic E-state index is 0.263. The van der Waals surface area contributed by atoms with Crippen LogP contribution in [0.1, 0.15) is 39.0 Å². The Bertz CT molecular complexity index is 182. The van der Waals surface area contributed by atoms with E-state index in [0.29, 0.717) is 17.9 Å². The number of nitrogens with one attached hydrogen (secondary N) is 1. The number of carbonyl (C=O) groups excluding carboxylic acids is 1.